The van der Waals surface area contributed by atoms with Gasteiger partial charge in [-0.15, -0.1) is 0 Å². The molecule has 2 aromatic rings. The number of rotatable bonds is 19. The summed E-state index contributed by atoms with van der Waals surface area (Å²) in [6.45, 7) is 1.32. The van der Waals surface area contributed by atoms with Crippen LogP contribution in [-0.2, 0) is 49.4 Å². The van der Waals surface area contributed by atoms with Gasteiger partial charge < -0.3 is 45.3 Å². The maximum atomic E-state index is 12.2. The third-order valence-electron chi connectivity index (χ3n) is 6.63. The molecule has 18 heteroatoms. The quantitative estimate of drug-likeness (QED) is 0.0948. The molecule has 2 aromatic carbocycles. The number of benzene rings is 2. The number of carbonyl (C=O) groups is 3. The minimum Gasteiger partial charge on any atom is -0.508 e. The Balaban J connectivity index is 2.16. The van der Waals surface area contributed by atoms with Crippen molar-refractivity contribution in [2.75, 3.05) is 26.2 Å². The summed E-state index contributed by atoms with van der Waals surface area (Å²) in [6, 6.07) is 9.36. The molecule has 0 saturated heterocycles. The zero-order chi connectivity index (χ0) is 33.9. The molecule has 250 valence electrons. The molecule has 0 aliphatic heterocycles. The van der Waals surface area contributed by atoms with Crippen LogP contribution in [-0.4, -0.2) is 99.3 Å². The van der Waals surface area contributed by atoms with Gasteiger partial charge in [-0.3, -0.25) is 33.3 Å². The average molecular weight is 676 g/mol. The van der Waals surface area contributed by atoms with Crippen molar-refractivity contribution in [3.63, 3.8) is 0 Å². The Morgan fingerprint density at radius 3 is 1.56 bits per heavy atom. The number of nitrogens with one attached hydrogen (secondary N) is 1. The number of aromatic hydroxyl groups is 2. The van der Waals surface area contributed by atoms with E-state index < -0.39 is 51.5 Å². The van der Waals surface area contributed by atoms with Crippen LogP contribution in [0.5, 0.6) is 11.5 Å². The molecular formula is C27H39N3O13P2. The number of aliphatic carboxylic acids is 2. The molecule has 0 fully saturated rings. The predicted octanol–water partition coefficient (Wildman–Crippen LogP) is 1.21. The SMILES string of the molecule is CCCc1ccc(O)c(CN(CCN(CC(=O)O)Cc2cc(CCC(=O)NC(P(=O)(O)O)P(=O)(O)O)ccc2O)CC(=O)O)c1. The molecule has 0 heterocycles. The van der Waals surface area contributed by atoms with Gasteiger partial charge in [0.2, 0.25) is 11.4 Å². The van der Waals surface area contributed by atoms with E-state index in [-0.39, 0.29) is 56.2 Å². The van der Waals surface area contributed by atoms with Gasteiger partial charge in [0, 0.05) is 43.7 Å². The van der Waals surface area contributed by atoms with Crippen molar-refractivity contribution in [3.8, 4) is 11.5 Å². The van der Waals surface area contributed by atoms with Crippen LogP contribution in [0.2, 0.25) is 0 Å². The van der Waals surface area contributed by atoms with E-state index in [1.807, 2.05) is 6.92 Å². The van der Waals surface area contributed by atoms with E-state index in [1.54, 1.807) is 28.4 Å². The van der Waals surface area contributed by atoms with Gasteiger partial charge in [0.15, 0.2) is 0 Å². The van der Waals surface area contributed by atoms with E-state index in [9.17, 15) is 63.5 Å². The molecule has 0 atom stereocenters. The number of phenolic OH excluding ortho intramolecular Hbond substituents is 2. The van der Waals surface area contributed by atoms with Crippen LogP contribution in [0, 0.1) is 0 Å². The molecular weight excluding hydrogens is 636 g/mol. The molecule has 2 rings (SSSR count). The standard InChI is InChI=1S/C27H39N3O13P2/c1-2-3-18-4-7-22(31)20(12-18)14-29(16-25(34)35)10-11-30(17-26(36)37)15-21-13-19(5-8-23(21)32)6-9-24(33)28-27(44(38,39)40)45(41,42)43/h4-5,7-8,12-13,27,31-32H,2-3,6,9-11,14-17H2,1H3,(H,28,33)(H,34,35)(H,36,37)(H2,38,39,40)(H2,41,42,43). The molecule has 45 heavy (non-hydrogen) atoms. The van der Waals surface area contributed by atoms with E-state index in [4.69, 9.17) is 0 Å². The second-order valence-electron chi connectivity index (χ2n) is 10.5. The molecule has 1 amide bonds. The predicted molar refractivity (Wildman–Crippen MR) is 160 cm³/mol. The molecule has 9 N–H and O–H groups in total. The van der Waals surface area contributed by atoms with Gasteiger partial charge in [-0.25, -0.2) is 0 Å². The van der Waals surface area contributed by atoms with Gasteiger partial charge in [-0.05, 0) is 36.1 Å². The summed E-state index contributed by atoms with van der Waals surface area (Å²) < 4.78 is 22.8. The summed E-state index contributed by atoms with van der Waals surface area (Å²) in [4.78, 5) is 75.1. The molecule has 16 nitrogen and oxygen atoms in total. The van der Waals surface area contributed by atoms with Crippen molar-refractivity contribution in [3.05, 3.63) is 58.7 Å². The molecule has 0 unspecified atom stereocenters. The van der Waals surface area contributed by atoms with Crippen molar-refractivity contribution in [1.29, 1.82) is 0 Å². The highest BCUT2D eigenvalue weighted by molar-refractivity contribution is 7.70. The second-order valence-corrected chi connectivity index (χ2v) is 14.3. The first-order valence-corrected chi connectivity index (χ1v) is 17.1. The number of hydrogen-bond donors (Lipinski definition) is 9. The third-order valence-corrected chi connectivity index (χ3v) is 9.97. The largest absolute Gasteiger partial charge is 0.508 e. The van der Waals surface area contributed by atoms with E-state index in [1.165, 1.54) is 23.1 Å². The Kier molecular flexibility index (Phi) is 14.2. The zero-order valence-corrected chi connectivity index (χ0v) is 26.3. The van der Waals surface area contributed by atoms with Crippen LogP contribution >= 0.6 is 15.2 Å². The molecule has 0 spiro atoms. The van der Waals surface area contributed by atoms with Gasteiger partial charge >= 0.3 is 27.1 Å². The normalized spacial score (nSPS) is 12.2. The highest BCUT2D eigenvalue weighted by atomic mass is 31.2. The lowest BCUT2D eigenvalue weighted by Crippen LogP contribution is -2.39. The van der Waals surface area contributed by atoms with Crippen molar-refractivity contribution >= 4 is 33.0 Å². The minimum atomic E-state index is -5.37. The van der Waals surface area contributed by atoms with Crippen LogP contribution in [0.25, 0.3) is 0 Å². The number of carboxylic acids is 2. The molecule has 0 aliphatic rings. The number of nitrogens with zero attached hydrogens (tertiary/aromatic N) is 2. The fourth-order valence-electron chi connectivity index (χ4n) is 4.54. The molecule has 0 aliphatic carbocycles. The number of hydrogen-bond acceptors (Lipinski definition) is 9. The first-order valence-electron chi connectivity index (χ1n) is 13.8. The maximum absolute atomic E-state index is 12.2. The van der Waals surface area contributed by atoms with Crippen LogP contribution in [0.15, 0.2) is 36.4 Å². The van der Waals surface area contributed by atoms with Crippen LogP contribution in [0.4, 0.5) is 0 Å². The van der Waals surface area contributed by atoms with Crippen molar-refractivity contribution in [2.45, 2.75) is 51.2 Å². The lowest BCUT2D eigenvalue weighted by atomic mass is 10.0. The first kappa shape index (κ1) is 37.9. The third kappa shape index (κ3) is 13.3. The lowest BCUT2D eigenvalue weighted by Gasteiger charge is -2.26. The Hall–Kier alpha value is -3.33. The number of amides is 1. The number of carbonyl (C=O) groups excluding carboxylic acids is 1. The van der Waals surface area contributed by atoms with Crippen molar-refractivity contribution in [1.82, 2.24) is 15.1 Å². The van der Waals surface area contributed by atoms with Crippen molar-refractivity contribution < 1.29 is 63.5 Å². The summed E-state index contributed by atoms with van der Waals surface area (Å²) in [5, 5.41) is 41.4. The Morgan fingerprint density at radius 1 is 0.756 bits per heavy atom. The summed E-state index contributed by atoms with van der Waals surface area (Å²) >= 11 is 0. The summed E-state index contributed by atoms with van der Waals surface area (Å²) in [5.41, 5.74) is -0.472. The monoisotopic (exact) mass is 675 g/mol. The van der Waals surface area contributed by atoms with Crippen molar-refractivity contribution in [2.24, 2.45) is 0 Å². The van der Waals surface area contributed by atoms with Gasteiger partial charge in [0.25, 0.3) is 0 Å². The summed E-state index contributed by atoms with van der Waals surface area (Å²) in [7, 11) is -10.7. The zero-order valence-electron chi connectivity index (χ0n) is 24.5. The molecule has 0 aromatic heterocycles. The van der Waals surface area contributed by atoms with E-state index in [0.717, 1.165) is 18.4 Å². The average Bonchev–Trinajstić information content (AvgIpc) is 2.90. The fraction of sp³-hybridized carbons (Fsp3) is 0.444. The molecule has 0 bridgehead atoms. The summed E-state index contributed by atoms with van der Waals surface area (Å²) in [5.74, 6) is -3.53. The minimum absolute atomic E-state index is 0.00189. The second kappa shape index (κ2) is 16.8. The van der Waals surface area contributed by atoms with E-state index >= 15 is 0 Å². The van der Waals surface area contributed by atoms with Gasteiger partial charge in [0.05, 0.1) is 13.1 Å². The van der Waals surface area contributed by atoms with Gasteiger partial charge in [-0.1, -0.05) is 37.6 Å². The summed E-state index contributed by atoms with van der Waals surface area (Å²) in [6.07, 6.45) is 1.17. The fourth-order valence-corrected chi connectivity index (χ4v) is 6.74. The van der Waals surface area contributed by atoms with E-state index in [2.05, 4.69) is 0 Å². The first-order chi connectivity index (χ1) is 20.9. The number of carboxylic acid groups (broad SMARTS) is 2. The Labute approximate surface area is 259 Å². The van der Waals surface area contributed by atoms with E-state index in [0.29, 0.717) is 11.1 Å². The highest BCUT2D eigenvalue weighted by Crippen LogP contribution is 2.58. The smallest absolute Gasteiger partial charge is 0.360 e. The topological polar surface area (TPSA) is 266 Å². The Bertz CT molecular complexity index is 1420. The lowest BCUT2D eigenvalue weighted by molar-refractivity contribution is -0.140. The maximum Gasteiger partial charge on any atom is 0.360 e. The number of aryl methyl sites for hydroxylation is 2. The molecule has 0 saturated carbocycles. The van der Waals surface area contributed by atoms with Crippen LogP contribution in [0.3, 0.4) is 0 Å². The van der Waals surface area contributed by atoms with Crippen LogP contribution < -0.4 is 5.32 Å². The highest BCUT2D eigenvalue weighted by Gasteiger charge is 2.44. The Morgan fingerprint density at radius 2 is 1.18 bits per heavy atom. The number of phenols is 2. The van der Waals surface area contributed by atoms with Gasteiger partial charge in [0.1, 0.15) is 11.5 Å². The van der Waals surface area contributed by atoms with Crippen LogP contribution in [0.1, 0.15) is 42.0 Å². The molecule has 0 radical (unpaired) electrons. The van der Waals surface area contributed by atoms with Gasteiger partial charge in [-0.2, -0.15) is 0 Å².